The Morgan fingerprint density at radius 2 is 2.24 bits per heavy atom. The molecule has 0 aromatic carbocycles. The highest BCUT2D eigenvalue weighted by atomic mass is 32.1. The zero-order valence-electron chi connectivity index (χ0n) is 13.2. The van der Waals surface area contributed by atoms with E-state index in [0.717, 1.165) is 10.5 Å². The van der Waals surface area contributed by atoms with Crippen molar-refractivity contribution in [1.82, 2.24) is 25.3 Å². The van der Waals surface area contributed by atoms with Crippen LogP contribution < -0.4 is 5.32 Å². The first-order valence-electron chi connectivity index (χ1n) is 7.48. The molecule has 0 bridgehead atoms. The van der Waals surface area contributed by atoms with Crippen LogP contribution in [0.25, 0.3) is 11.5 Å². The molecule has 4 heterocycles. The van der Waals surface area contributed by atoms with E-state index in [-0.39, 0.29) is 18.3 Å². The maximum atomic E-state index is 12.8. The van der Waals surface area contributed by atoms with Gasteiger partial charge in [-0.3, -0.25) is 14.7 Å². The molecular formula is C16H13N5O3S. The molecule has 0 radical (unpaired) electrons. The summed E-state index contributed by atoms with van der Waals surface area (Å²) in [6, 6.07) is 4.82. The zero-order chi connectivity index (χ0) is 17.4. The number of rotatable bonds is 4. The number of imide groups is 1. The minimum atomic E-state index is -1.16. The monoisotopic (exact) mass is 355 g/mol. The average Bonchev–Trinajstić information content (AvgIpc) is 3.34. The van der Waals surface area contributed by atoms with E-state index in [2.05, 4.69) is 20.4 Å². The van der Waals surface area contributed by atoms with Gasteiger partial charge in [0.05, 0.1) is 12.1 Å². The fourth-order valence-corrected chi connectivity index (χ4v) is 3.29. The van der Waals surface area contributed by atoms with E-state index >= 15 is 0 Å². The van der Waals surface area contributed by atoms with Crippen LogP contribution in [0.4, 0.5) is 4.79 Å². The van der Waals surface area contributed by atoms with Crippen molar-refractivity contribution in [3.63, 3.8) is 0 Å². The summed E-state index contributed by atoms with van der Waals surface area (Å²) in [4.78, 5) is 34.5. The number of aromatic nitrogens is 3. The second-order valence-electron chi connectivity index (χ2n) is 5.72. The Bertz CT molecular complexity index is 924. The van der Waals surface area contributed by atoms with E-state index in [1.807, 2.05) is 16.8 Å². The molecule has 1 atom stereocenters. The van der Waals surface area contributed by atoms with Crippen LogP contribution in [0, 0.1) is 0 Å². The molecule has 1 aliphatic heterocycles. The molecule has 9 heteroatoms. The third-order valence-corrected chi connectivity index (χ3v) is 4.73. The number of hydrogen-bond acceptors (Lipinski definition) is 7. The van der Waals surface area contributed by atoms with Gasteiger partial charge in [0.1, 0.15) is 5.54 Å². The molecule has 1 N–H and O–H groups in total. The minimum absolute atomic E-state index is 0.0614. The Morgan fingerprint density at radius 3 is 2.96 bits per heavy atom. The quantitative estimate of drug-likeness (QED) is 0.720. The van der Waals surface area contributed by atoms with Gasteiger partial charge in [0, 0.05) is 23.3 Å². The smallest absolute Gasteiger partial charge is 0.325 e. The van der Waals surface area contributed by atoms with Gasteiger partial charge in [-0.1, -0.05) is 11.2 Å². The zero-order valence-corrected chi connectivity index (χ0v) is 14.0. The van der Waals surface area contributed by atoms with Gasteiger partial charge in [-0.25, -0.2) is 4.79 Å². The lowest BCUT2D eigenvalue weighted by Crippen LogP contribution is -2.40. The largest absolute Gasteiger partial charge is 0.334 e. The van der Waals surface area contributed by atoms with Crippen molar-refractivity contribution in [2.75, 3.05) is 0 Å². The molecule has 1 fully saturated rings. The van der Waals surface area contributed by atoms with Crippen molar-refractivity contribution >= 4 is 23.3 Å². The highest BCUT2D eigenvalue weighted by molar-refractivity contribution is 7.08. The lowest BCUT2D eigenvalue weighted by Gasteiger charge is -2.21. The highest BCUT2D eigenvalue weighted by Crippen LogP contribution is 2.29. The Balaban J connectivity index is 1.57. The molecule has 1 aliphatic rings. The summed E-state index contributed by atoms with van der Waals surface area (Å²) in [6.45, 7) is 1.59. The number of nitrogens with zero attached hydrogens (tertiary/aromatic N) is 4. The van der Waals surface area contributed by atoms with Gasteiger partial charge < -0.3 is 9.84 Å². The van der Waals surface area contributed by atoms with Gasteiger partial charge in [0.15, 0.2) is 5.82 Å². The summed E-state index contributed by atoms with van der Waals surface area (Å²) in [7, 11) is 0. The summed E-state index contributed by atoms with van der Waals surface area (Å²) >= 11 is 1.51. The van der Waals surface area contributed by atoms with Crippen molar-refractivity contribution in [2.24, 2.45) is 0 Å². The normalized spacial score (nSPS) is 20.1. The van der Waals surface area contributed by atoms with Gasteiger partial charge in [0.2, 0.25) is 0 Å². The highest BCUT2D eigenvalue weighted by Gasteiger charge is 2.49. The number of carbonyl (C=O) groups excluding carboxylic acids is 2. The average molecular weight is 355 g/mol. The fourth-order valence-electron chi connectivity index (χ4n) is 2.66. The third-order valence-electron chi connectivity index (χ3n) is 4.05. The standard InChI is InChI=1S/C16H13N5O3S/c1-16(11-3-2-5-17-7-11)14(22)21(15(23)19-16)8-12-18-13(24-20-12)10-4-6-25-9-10/h2-7,9H,8H2,1H3,(H,19,23). The predicted molar refractivity (Wildman–Crippen MR) is 88.3 cm³/mol. The maximum Gasteiger partial charge on any atom is 0.325 e. The number of urea groups is 1. The summed E-state index contributed by atoms with van der Waals surface area (Å²) in [5.74, 6) is 0.242. The molecule has 3 amide bonds. The van der Waals surface area contributed by atoms with Crippen LogP contribution in [0.15, 0.2) is 45.9 Å². The molecule has 0 aliphatic carbocycles. The molecule has 3 aromatic rings. The van der Waals surface area contributed by atoms with Crippen LogP contribution in [0.1, 0.15) is 18.3 Å². The number of hydrogen-bond donors (Lipinski definition) is 1. The molecule has 0 saturated carbocycles. The Labute approximate surface area is 146 Å². The molecule has 1 saturated heterocycles. The number of carbonyl (C=O) groups is 2. The second-order valence-corrected chi connectivity index (χ2v) is 6.50. The lowest BCUT2D eigenvalue weighted by molar-refractivity contribution is -0.131. The van der Waals surface area contributed by atoms with Crippen molar-refractivity contribution in [3.05, 3.63) is 52.7 Å². The Morgan fingerprint density at radius 1 is 1.36 bits per heavy atom. The Hall–Kier alpha value is -3.07. The van der Waals surface area contributed by atoms with Gasteiger partial charge in [-0.05, 0) is 24.4 Å². The molecule has 0 spiro atoms. The fraction of sp³-hybridized carbons (Fsp3) is 0.188. The van der Waals surface area contributed by atoms with Crippen LogP contribution in [0.3, 0.4) is 0 Å². The van der Waals surface area contributed by atoms with Gasteiger partial charge >= 0.3 is 6.03 Å². The van der Waals surface area contributed by atoms with Crippen LogP contribution in [-0.4, -0.2) is 32.0 Å². The van der Waals surface area contributed by atoms with E-state index in [4.69, 9.17) is 4.52 Å². The minimum Gasteiger partial charge on any atom is -0.334 e. The summed E-state index contributed by atoms with van der Waals surface area (Å²) in [5, 5.41) is 10.3. The van der Waals surface area contributed by atoms with Crippen molar-refractivity contribution in [3.8, 4) is 11.5 Å². The van der Waals surface area contributed by atoms with Gasteiger partial charge in [-0.15, -0.1) is 0 Å². The first kappa shape index (κ1) is 15.5. The van der Waals surface area contributed by atoms with Crippen molar-refractivity contribution in [2.45, 2.75) is 19.0 Å². The molecular weight excluding hydrogens is 342 g/mol. The molecule has 8 nitrogen and oxygen atoms in total. The number of thiophene rings is 1. The van der Waals surface area contributed by atoms with Crippen molar-refractivity contribution in [1.29, 1.82) is 0 Å². The summed E-state index contributed by atoms with van der Waals surface area (Å²) in [5.41, 5.74) is 0.259. The predicted octanol–water partition coefficient (Wildman–Crippen LogP) is 2.16. The molecule has 126 valence electrons. The van der Waals surface area contributed by atoms with E-state index in [1.165, 1.54) is 11.3 Å². The lowest BCUT2D eigenvalue weighted by atomic mass is 9.93. The van der Waals surface area contributed by atoms with Gasteiger partial charge in [-0.2, -0.15) is 16.3 Å². The van der Waals surface area contributed by atoms with E-state index in [9.17, 15) is 9.59 Å². The van der Waals surface area contributed by atoms with E-state index in [1.54, 1.807) is 31.5 Å². The Kier molecular flexibility index (Phi) is 3.57. The van der Waals surface area contributed by atoms with E-state index < -0.39 is 11.6 Å². The third kappa shape index (κ3) is 2.58. The molecule has 1 unspecified atom stereocenters. The van der Waals surface area contributed by atoms with Crippen LogP contribution in [0.2, 0.25) is 0 Å². The molecule has 25 heavy (non-hydrogen) atoms. The summed E-state index contributed by atoms with van der Waals surface area (Å²) < 4.78 is 5.19. The SMILES string of the molecule is CC1(c2cccnc2)NC(=O)N(Cc2noc(-c3ccsc3)n2)C1=O. The topological polar surface area (TPSA) is 101 Å². The van der Waals surface area contributed by atoms with Gasteiger partial charge in [0.25, 0.3) is 11.8 Å². The molecule has 4 rings (SSSR count). The maximum absolute atomic E-state index is 12.8. The van der Waals surface area contributed by atoms with Crippen molar-refractivity contribution < 1.29 is 14.1 Å². The number of nitrogens with one attached hydrogen (secondary N) is 1. The van der Waals surface area contributed by atoms with Crippen LogP contribution in [0.5, 0.6) is 0 Å². The first-order valence-corrected chi connectivity index (χ1v) is 8.42. The van der Waals surface area contributed by atoms with Crippen LogP contribution >= 0.6 is 11.3 Å². The van der Waals surface area contributed by atoms with Crippen LogP contribution in [-0.2, 0) is 16.9 Å². The summed E-state index contributed by atoms with van der Waals surface area (Å²) in [6.07, 6.45) is 3.17. The number of pyridine rings is 1. The number of amides is 3. The second kappa shape index (κ2) is 5.78. The molecule has 3 aromatic heterocycles. The first-order chi connectivity index (χ1) is 12.1. The van der Waals surface area contributed by atoms with E-state index in [0.29, 0.717) is 11.5 Å².